The lowest BCUT2D eigenvalue weighted by atomic mass is 10.1. The van der Waals surface area contributed by atoms with Crippen molar-refractivity contribution >= 4 is 38.9 Å². The second-order valence-electron chi connectivity index (χ2n) is 6.07. The van der Waals surface area contributed by atoms with E-state index in [2.05, 4.69) is 21.2 Å². The molecule has 25 heavy (non-hydrogen) atoms. The van der Waals surface area contributed by atoms with Crippen LogP contribution in [0, 0.1) is 30.9 Å². The van der Waals surface area contributed by atoms with Crippen molar-refractivity contribution in [2.45, 2.75) is 20.8 Å². The van der Waals surface area contributed by atoms with Gasteiger partial charge in [-0.1, -0.05) is 17.7 Å². The van der Waals surface area contributed by atoms with E-state index in [1.165, 1.54) is 12.1 Å². The number of hydrogen-bond acceptors (Lipinski definition) is 4. The molecule has 7 heteroatoms. The Balaban J connectivity index is 2.12. The molecule has 0 saturated carbocycles. The highest BCUT2D eigenvalue weighted by atomic mass is 79.9. The summed E-state index contributed by atoms with van der Waals surface area (Å²) in [6.07, 6.45) is 0. The zero-order valence-electron chi connectivity index (χ0n) is 14.6. The van der Waals surface area contributed by atoms with Crippen LogP contribution in [0.3, 0.4) is 0 Å². The number of carbonyl (C=O) groups is 1. The van der Waals surface area contributed by atoms with Crippen LogP contribution in [-0.2, 0) is 4.79 Å². The van der Waals surface area contributed by atoms with E-state index in [-0.39, 0.29) is 18.1 Å². The summed E-state index contributed by atoms with van der Waals surface area (Å²) in [6, 6.07) is 8.52. The third-order valence-electron chi connectivity index (χ3n) is 3.88. The van der Waals surface area contributed by atoms with Crippen molar-refractivity contribution in [2.75, 3.05) is 23.8 Å². The SMILES string of the molecule is Cc1cc(C)c(NC(=O)CN(C)c2ccc([N+](=O)[O-])cc2Br)c(C)c1. The van der Waals surface area contributed by atoms with Crippen LogP contribution in [0.1, 0.15) is 16.7 Å². The summed E-state index contributed by atoms with van der Waals surface area (Å²) in [6.45, 7) is 6.08. The molecule has 6 nitrogen and oxygen atoms in total. The number of non-ortho nitro benzene ring substituents is 1. The lowest BCUT2D eigenvalue weighted by molar-refractivity contribution is -0.384. The fourth-order valence-electron chi connectivity index (χ4n) is 2.78. The van der Waals surface area contributed by atoms with E-state index in [1.807, 2.05) is 32.9 Å². The minimum Gasteiger partial charge on any atom is -0.364 e. The zero-order chi connectivity index (χ0) is 18.7. The number of nitrogens with zero attached hydrogens (tertiary/aromatic N) is 2. The Hall–Kier alpha value is -2.41. The number of benzene rings is 2. The average Bonchev–Trinajstić information content (AvgIpc) is 2.50. The van der Waals surface area contributed by atoms with Crippen LogP contribution in [0.15, 0.2) is 34.8 Å². The van der Waals surface area contributed by atoms with Crippen LogP contribution in [-0.4, -0.2) is 24.4 Å². The highest BCUT2D eigenvalue weighted by Gasteiger charge is 2.15. The van der Waals surface area contributed by atoms with Crippen LogP contribution in [0.5, 0.6) is 0 Å². The summed E-state index contributed by atoms with van der Waals surface area (Å²) in [5.41, 5.74) is 4.72. The molecular formula is C18H20BrN3O3. The number of rotatable bonds is 5. The van der Waals surface area contributed by atoms with Crippen LogP contribution in [0.25, 0.3) is 0 Å². The van der Waals surface area contributed by atoms with E-state index in [9.17, 15) is 14.9 Å². The molecule has 0 bridgehead atoms. The summed E-state index contributed by atoms with van der Waals surface area (Å²) < 4.78 is 0.569. The molecule has 0 spiro atoms. The summed E-state index contributed by atoms with van der Waals surface area (Å²) >= 11 is 3.33. The summed E-state index contributed by atoms with van der Waals surface area (Å²) in [5, 5.41) is 13.8. The molecule has 0 saturated heterocycles. The average molecular weight is 406 g/mol. The van der Waals surface area contributed by atoms with Crippen molar-refractivity contribution in [3.8, 4) is 0 Å². The molecular weight excluding hydrogens is 386 g/mol. The van der Waals surface area contributed by atoms with Gasteiger partial charge >= 0.3 is 0 Å². The molecule has 0 atom stereocenters. The Bertz CT molecular complexity index is 813. The first-order chi connectivity index (χ1) is 11.7. The van der Waals surface area contributed by atoms with Crippen molar-refractivity contribution in [3.63, 3.8) is 0 Å². The molecule has 0 unspecified atom stereocenters. The normalized spacial score (nSPS) is 10.4. The third-order valence-corrected chi connectivity index (χ3v) is 4.51. The number of nitro benzene ring substituents is 1. The smallest absolute Gasteiger partial charge is 0.270 e. The standard InChI is InChI=1S/C18H20BrN3O3/c1-11-7-12(2)18(13(3)8-11)20-17(23)10-21(4)16-6-5-14(22(24)25)9-15(16)19/h5-9H,10H2,1-4H3,(H,20,23). The predicted molar refractivity (Wildman–Crippen MR) is 103 cm³/mol. The largest absolute Gasteiger partial charge is 0.364 e. The summed E-state index contributed by atoms with van der Waals surface area (Å²) in [5.74, 6) is -0.150. The highest BCUT2D eigenvalue weighted by molar-refractivity contribution is 9.10. The van der Waals surface area contributed by atoms with Crippen LogP contribution in [0.2, 0.25) is 0 Å². The third kappa shape index (κ3) is 4.57. The number of nitrogens with one attached hydrogen (secondary N) is 1. The van der Waals surface area contributed by atoms with Crippen molar-refractivity contribution < 1.29 is 9.72 Å². The zero-order valence-corrected chi connectivity index (χ0v) is 16.2. The van der Waals surface area contributed by atoms with Crippen molar-refractivity contribution in [1.29, 1.82) is 0 Å². The Morgan fingerprint density at radius 2 is 1.80 bits per heavy atom. The van der Waals surface area contributed by atoms with Gasteiger partial charge in [0, 0.05) is 29.3 Å². The molecule has 1 N–H and O–H groups in total. The predicted octanol–water partition coefficient (Wildman–Crippen LogP) is 4.36. The van der Waals surface area contributed by atoms with Crippen LogP contribution >= 0.6 is 15.9 Å². The van der Waals surface area contributed by atoms with Gasteiger partial charge in [0.25, 0.3) is 5.69 Å². The van der Waals surface area contributed by atoms with Gasteiger partial charge in [0.1, 0.15) is 0 Å². The molecule has 0 fully saturated rings. The van der Waals surface area contributed by atoms with Crippen LogP contribution < -0.4 is 10.2 Å². The first-order valence-electron chi connectivity index (χ1n) is 7.72. The summed E-state index contributed by atoms with van der Waals surface area (Å²) in [7, 11) is 1.76. The number of hydrogen-bond donors (Lipinski definition) is 1. The molecule has 0 aromatic heterocycles. The first kappa shape index (κ1) is 18.9. The molecule has 0 heterocycles. The number of likely N-dealkylation sites (N-methyl/N-ethyl adjacent to an activating group) is 1. The van der Waals surface area contributed by atoms with Crippen molar-refractivity contribution in [3.05, 3.63) is 61.6 Å². The molecule has 2 rings (SSSR count). The quantitative estimate of drug-likeness (QED) is 0.592. The molecule has 0 aliphatic heterocycles. The van der Waals surface area contributed by atoms with Gasteiger partial charge in [0.2, 0.25) is 5.91 Å². The Kier molecular flexibility index (Phi) is 5.79. The fraction of sp³-hybridized carbons (Fsp3) is 0.278. The highest BCUT2D eigenvalue weighted by Crippen LogP contribution is 2.29. The van der Waals surface area contributed by atoms with E-state index in [1.54, 1.807) is 18.0 Å². The number of nitro groups is 1. The Morgan fingerprint density at radius 3 is 2.32 bits per heavy atom. The number of halogens is 1. The maximum Gasteiger partial charge on any atom is 0.270 e. The van der Waals surface area contributed by atoms with E-state index < -0.39 is 4.92 Å². The fourth-order valence-corrected chi connectivity index (χ4v) is 3.45. The van der Waals surface area contributed by atoms with E-state index in [0.717, 1.165) is 22.4 Å². The maximum absolute atomic E-state index is 12.4. The maximum atomic E-state index is 12.4. The minimum absolute atomic E-state index is 0.000573. The molecule has 2 aromatic carbocycles. The molecule has 0 aliphatic rings. The molecule has 0 aliphatic carbocycles. The Labute approximate surface area is 155 Å². The van der Waals surface area contributed by atoms with E-state index in [0.29, 0.717) is 10.2 Å². The monoisotopic (exact) mass is 405 g/mol. The second kappa shape index (κ2) is 7.65. The lowest BCUT2D eigenvalue weighted by Crippen LogP contribution is -2.30. The van der Waals surface area contributed by atoms with Gasteiger partial charge in [-0.25, -0.2) is 0 Å². The van der Waals surface area contributed by atoms with Crippen LogP contribution in [0.4, 0.5) is 17.1 Å². The van der Waals surface area contributed by atoms with Gasteiger partial charge in [-0.15, -0.1) is 0 Å². The van der Waals surface area contributed by atoms with Crippen molar-refractivity contribution in [1.82, 2.24) is 0 Å². The number of aryl methyl sites for hydroxylation is 3. The molecule has 0 radical (unpaired) electrons. The molecule has 2 aromatic rings. The van der Waals surface area contributed by atoms with Gasteiger partial charge in [-0.2, -0.15) is 0 Å². The molecule has 1 amide bonds. The van der Waals surface area contributed by atoms with Gasteiger partial charge in [0.15, 0.2) is 0 Å². The Morgan fingerprint density at radius 1 is 1.20 bits per heavy atom. The number of amides is 1. The number of anilines is 2. The van der Waals surface area contributed by atoms with E-state index >= 15 is 0 Å². The minimum atomic E-state index is -0.454. The topological polar surface area (TPSA) is 75.5 Å². The summed E-state index contributed by atoms with van der Waals surface area (Å²) in [4.78, 5) is 24.5. The van der Waals surface area contributed by atoms with Gasteiger partial charge < -0.3 is 10.2 Å². The first-order valence-corrected chi connectivity index (χ1v) is 8.51. The van der Waals surface area contributed by atoms with Crippen molar-refractivity contribution in [2.24, 2.45) is 0 Å². The molecule has 132 valence electrons. The van der Waals surface area contributed by atoms with E-state index in [4.69, 9.17) is 0 Å². The van der Waals surface area contributed by atoms with Gasteiger partial charge in [0.05, 0.1) is 17.2 Å². The van der Waals surface area contributed by atoms with Gasteiger partial charge in [-0.3, -0.25) is 14.9 Å². The lowest BCUT2D eigenvalue weighted by Gasteiger charge is -2.21. The second-order valence-corrected chi connectivity index (χ2v) is 6.93. The number of carbonyl (C=O) groups excluding carboxylic acids is 1. The van der Waals surface area contributed by atoms with Gasteiger partial charge in [-0.05, 0) is 53.9 Å².